The zero-order valence-electron chi connectivity index (χ0n) is 21.7. The fraction of sp³-hybridized carbons (Fsp3) is 0.345. The minimum atomic E-state index is -0.495. The van der Waals surface area contributed by atoms with Gasteiger partial charge in [-0.05, 0) is 75.6 Å². The molecule has 1 aliphatic heterocycles. The van der Waals surface area contributed by atoms with Crippen LogP contribution in [0.4, 0.5) is 10.6 Å². The lowest BCUT2D eigenvalue weighted by atomic mass is 9.93. The van der Waals surface area contributed by atoms with Gasteiger partial charge >= 0.3 is 6.09 Å². The van der Waals surface area contributed by atoms with Gasteiger partial charge in [0.25, 0.3) is 0 Å². The summed E-state index contributed by atoms with van der Waals surface area (Å²) in [7, 11) is 0. The molecule has 0 spiro atoms. The second kappa shape index (κ2) is 10.8. The van der Waals surface area contributed by atoms with Crippen molar-refractivity contribution < 1.29 is 9.53 Å². The zero-order chi connectivity index (χ0) is 26.9. The summed E-state index contributed by atoms with van der Waals surface area (Å²) in [5.74, 6) is 1.03. The molecule has 0 bridgehead atoms. The van der Waals surface area contributed by atoms with Gasteiger partial charge in [0.1, 0.15) is 17.1 Å². The molecule has 1 fully saturated rings. The number of ether oxygens (including phenoxy) is 1. The molecule has 4 aromatic rings. The van der Waals surface area contributed by atoms with E-state index >= 15 is 0 Å². The first-order valence-electron chi connectivity index (χ1n) is 12.8. The Morgan fingerprint density at radius 3 is 2.55 bits per heavy atom. The van der Waals surface area contributed by atoms with Crippen molar-refractivity contribution in [1.29, 1.82) is 0 Å². The number of piperidine rings is 1. The Balaban J connectivity index is 1.34. The van der Waals surface area contributed by atoms with Crippen LogP contribution in [0.2, 0.25) is 10.0 Å². The molecule has 0 aliphatic carbocycles. The lowest BCUT2D eigenvalue weighted by Gasteiger charge is -2.33. The van der Waals surface area contributed by atoms with Gasteiger partial charge < -0.3 is 19.9 Å². The maximum atomic E-state index is 12.5. The summed E-state index contributed by atoms with van der Waals surface area (Å²) in [5, 5.41) is 5.63. The van der Waals surface area contributed by atoms with E-state index in [2.05, 4.69) is 21.4 Å². The number of amides is 1. The number of carbonyl (C=O) groups is 1. The van der Waals surface area contributed by atoms with Crippen molar-refractivity contribution in [2.24, 2.45) is 0 Å². The summed E-state index contributed by atoms with van der Waals surface area (Å²) in [6.45, 7) is 7.60. The number of hydrogen-bond acceptors (Lipinski definition) is 5. The predicted molar refractivity (Wildman–Crippen MR) is 153 cm³/mol. The van der Waals surface area contributed by atoms with E-state index in [1.165, 1.54) is 0 Å². The summed E-state index contributed by atoms with van der Waals surface area (Å²) in [5.41, 5.74) is 4.13. The molecule has 1 amide bonds. The number of likely N-dealkylation sites (tertiary alicyclic amines) is 1. The molecule has 0 atom stereocenters. The first-order chi connectivity index (χ1) is 18.2. The fourth-order valence-corrected chi connectivity index (χ4v) is 5.03. The van der Waals surface area contributed by atoms with Crippen molar-refractivity contribution in [1.82, 2.24) is 19.9 Å². The topological polar surface area (TPSA) is 83.1 Å². The van der Waals surface area contributed by atoms with E-state index in [0.29, 0.717) is 41.3 Å². The molecule has 2 N–H and O–H groups in total. The van der Waals surface area contributed by atoms with Gasteiger partial charge in [-0.2, -0.15) is 0 Å². The molecular formula is C29H31Cl2N5O2. The quantitative estimate of drug-likeness (QED) is 0.266. The van der Waals surface area contributed by atoms with Crippen LogP contribution in [0, 0.1) is 0 Å². The summed E-state index contributed by atoms with van der Waals surface area (Å²) in [6.07, 6.45) is 3.23. The first-order valence-corrected chi connectivity index (χ1v) is 13.5. The van der Waals surface area contributed by atoms with Crippen LogP contribution in [0.5, 0.6) is 0 Å². The van der Waals surface area contributed by atoms with E-state index in [1.54, 1.807) is 11.1 Å². The Bertz CT molecular complexity index is 1440. The average Bonchev–Trinajstić information content (AvgIpc) is 3.33. The molecule has 7 nitrogen and oxygen atoms in total. The summed E-state index contributed by atoms with van der Waals surface area (Å²) >= 11 is 12.6. The molecule has 5 rings (SSSR count). The Morgan fingerprint density at radius 2 is 1.84 bits per heavy atom. The number of aromatic amines is 1. The average molecular weight is 553 g/mol. The first kappa shape index (κ1) is 26.3. The minimum Gasteiger partial charge on any atom is -0.444 e. The maximum Gasteiger partial charge on any atom is 0.410 e. The highest BCUT2D eigenvalue weighted by atomic mass is 35.5. The number of nitrogens with zero attached hydrogens (tertiary/aromatic N) is 3. The smallest absolute Gasteiger partial charge is 0.410 e. The number of halogens is 2. The monoisotopic (exact) mass is 551 g/mol. The van der Waals surface area contributed by atoms with Crippen molar-refractivity contribution in [3.05, 3.63) is 76.0 Å². The summed E-state index contributed by atoms with van der Waals surface area (Å²) in [6, 6.07) is 15.5. The molecular weight excluding hydrogens is 521 g/mol. The van der Waals surface area contributed by atoms with Gasteiger partial charge in [-0.25, -0.2) is 14.8 Å². The number of nitrogens with one attached hydrogen (secondary N) is 2. The molecule has 0 radical (unpaired) electrons. The number of hydrogen-bond donors (Lipinski definition) is 2. The number of fused-ring (bicyclic) bond motifs is 1. The van der Waals surface area contributed by atoms with E-state index in [4.69, 9.17) is 32.9 Å². The highest BCUT2D eigenvalue weighted by Gasteiger charge is 2.28. The van der Waals surface area contributed by atoms with Crippen LogP contribution < -0.4 is 5.32 Å². The summed E-state index contributed by atoms with van der Waals surface area (Å²) < 4.78 is 5.54. The van der Waals surface area contributed by atoms with E-state index < -0.39 is 5.60 Å². The van der Waals surface area contributed by atoms with Crippen LogP contribution in [-0.2, 0) is 11.3 Å². The van der Waals surface area contributed by atoms with Crippen molar-refractivity contribution in [2.75, 3.05) is 18.4 Å². The molecule has 1 aromatic carbocycles. The molecule has 0 saturated carbocycles. The van der Waals surface area contributed by atoms with E-state index in [1.807, 2.05) is 63.2 Å². The Labute approximate surface area is 232 Å². The standard InChI is InChI=1S/C29H31Cl2N5O2/c1-29(2,3)38-28(37)36-14-11-19(12-15-36)24-16-22-21(10-13-32-27(22)34-24)26-23(31)8-9-25(35-26)33-17-18-4-6-20(30)7-5-18/h4-10,13,16,19H,11-12,14-15,17H2,1-3H3,(H,32,34)(H,33,35). The number of pyridine rings is 2. The SMILES string of the molecule is CC(C)(C)OC(=O)N1CCC(c2cc3c(-c4nc(NCc5ccc(Cl)cc5)ccc4Cl)ccnc3[nH]2)CC1. The molecule has 1 saturated heterocycles. The van der Waals surface area contributed by atoms with Crippen LogP contribution in [0.3, 0.4) is 0 Å². The fourth-order valence-electron chi connectivity index (χ4n) is 4.70. The van der Waals surface area contributed by atoms with Crippen molar-refractivity contribution in [2.45, 2.75) is 51.7 Å². The van der Waals surface area contributed by atoms with Gasteiger partial charge in [0.05, 0.1) is 10.7 Å². The Morgan fingerprint density at radius 1 is 1.11 bits per heavy atom. The molecule has 0 unspecified atom stereocenters. The number of benzene rings is 1. The van der Waals surface area contributed by atoms with Crippen LogP contribution in [-0.4, -0.2) is 44.6 Å². The number of H-pyrrole nitrogens is 1. The van der Waals surface area contributed by atoms with Crippen molar-refractivity contribution >= 4 is 46.1 Å². The molecule has 1 aliphatic rings. The van der Waals surface area contributed by atoms with Gasteiger partial charge in [-0.3, -0.25) is 0 Å². The molecule has 38 heavy (non-hydrogen) atoms. The second-order valence-corrected chi connectivity index (χ2v) is 11.4. The van der Waals surface area contributed by atoms with Gasteiger partial charge in [0.15, 0.2) is 0 Å². The minimum absolute atomic E-state index is 0.248. The Kier molecular flexibility index (Phi) is 7.50. The highest BCUT2D eigenvalue weighted by molar-refractivity contribution is 6.33. The van der Waals surface area contributed by atoms with Crippen LogP contribution in [0.1, 0.15) is 50.8 Å². The molecule has 198 valence electrons. The second-order valence-electron chi connectivity index (χ2n) is 10.6. The van der Waals surface area contributed by atoms with Crippen molar-refractivity contribution in [3.63, 3.8) is 0 Å². The number of aromatic nitrogens is 3. The highest BCUT2D eigenvalue weighted by Crippen LogP contribution is 2.36. The largest absolute Gasteiger partial charge is 0.444 e. The lowest BCUT2D eigenvalue weighted by molar-refractivity contribution is 0.0204. The maximum absolute atomic E-state index is 12.5. The van der Waals surface area contributed by atoms with Gasteiger partial charge in [-0.1, -0.05) is 35.3 Å². The number of anilines is 1. The number of carbonyl (C=O) groups excluding carboxylic acids is 1. The zero-order valence-corrected chi connectivity index (χ0v) is 23.2. The van der Waals surface area contributed by atoms with Crippen LogP contribution >= 0.6 is 23.2 Å². The third-order valence-electron chi connectivity index (χ3n) is 6.63. The van der Waals surface area contributed by atoms with Gasteiger partial charge in [0.2, 0.25) is 0 Å². The molecule has 3 aromatic heterocycles. The Hall–Kier alpha value is -3.29. The van der Waals surface area contributed by atoms with E-state index in [-0.39, 0.29) is 6.09 Å². The van der Waals surface area contributed by atoms with Crippen LogP contribution in [0.15, 0.2) is 54.7 Å². The molecule has 4 heterocycles. The third kappa shape index (κ3) is 6.05. The molecule has 9 heteroatoms. The lowest BCUT2D eigenvalue weighted by Crippen LogP contribution is -2.41. The third-order valence-corrected chi connectivity index (χ3v) is 7.18. The summed E-state index contributed by atoms with van der Waals surface area (Å²) in [4.78, 5) is 27.1. The predicted octanol–water partition coefficient (Wildman–Crippen LogP) is 7.66. The number of rotatable bonds is 5. The van der Waals surface area contributed by atoms with E-state index in [0.717, 1.165) is 46.5 Å². The van der Waals surface area contributed by atoms with Crippen LogP contribution in [0.25, 0.3) is 22.3 Å². The van der Waals surface area contributed by atoms with Gasteiger partial charge in [0, 0.05) is 53.4 Å². The van der Waals surface area contributed by atoms with Gasteiger partial charge in [-0.15, -0.1) is 0 Å². The van der Waals surface area contributed by atoms with Crippen molar-refractivity contribution in [3.8, 4) is 11.3 Å². The normalized spacial score (nSPS) is 14.6. The van der Waals surface area contributed by atoms with E-state index in [9.17, 15) is 4.79 Å².